The minimum Gasteiger partial charge on any atom is -0.494 e. The standard InChI is InChI=1S/C20H20BrNO3/c1-3-4-11-24-16-9-10-18-17(12-16)19(13(2)25-18)20(23)22-15-7-5-14(21)6-8-15/h5-10,12H,3-4,11H2,1-2H3,(H,22,23). The maximum absolute atomic E-state index is 12.7. The number of amides is 1. The number of nitrogens with one attached hydrogen (secondary N) is 1. The Hall–Kier alpha value is -2.27. The number of ether oxygens (including phenoxy) is 1. The van der Waals surface area contributed by atoms with Gasteiger partial charge in [-0.15, -0.1) is 0 Å². The van der Waals surface area contributed by atoms with Gasteiger partial charge in [-0.3, -0.25) is 4.79 Å². The third-order valence-electron chi connectivity index (χ3n) is 3.93. The van der Waals surface area contributed by atoms with Crippen molar-refractivity contribution in [3.8, 4) is 5.75 Å². The summed E-state index contributed by atoms with van der Waals surface area (Å²) in [5.41, 5.74) is 1.96. The average Bonchev–Trinajstić information content (AvgIpc) is 2.92. The van der Waals surface area contributed by atoms with Crippen molar-refractivity contribution in [1.82, 2.24) is 0 Å². The smallest absolute Gasteiger partial charge is 0.259 e. The van der Waals surface area contributed by atoms with Crippen LogP contribution in [0.25, 0.3) is 11.0 Å². The molecular weight excluding hydrogens is 382 g/mol. The summed E-state index contributed by atoms with van der Waals surface area (Å²) in [5, 5.41) is 3.68. The van der Waals surface area contributed by atoms with Crippen LogP contribution in [0.4, 0.5) is 5.69 Å². The summed E-state index contributed by atoms with van der Waals surface area (Å²) in [6, 6.07) is 13.1. The third kappa shape index (κ3) is 4.04. The second-order valence-electron chi connectivity index (χ2n) is 5.85. The van der Waals surface area contributed by atoms with Crippen LogP contribution in [0.5, 0.6) is 5.75 Å². The monoisotopic (exact) mass is 401 g/mol. The number of hydrogen-bond acceptors (Lipinski definition) is 3. The molecule has 0 spiro atoms. The van der Waals surface area contributed by atoms with Gasteiger partial charge in [-0.1, -0.05) is 29.3 Å². The predicted molar refractivity (Wildman–Crippen MR) is 103 cm³/mol. The highest BCUT2D eigenvalue weighted by Gasteiger charge is 2.19. The lowest BCUT2D eigenvalue weighted by Gasteiger charge is -2.07. The van der Waals surface area contributed by atoms with Crippen LogP contribution in [-0.2, 0) is 0 Å². The van der Waals surface area contributed by atoms with Crippen LogP contribution in [0.15, 0.2) is 51.4 Å². The minimum atomic E-state index is -0.190. The number of unbranched alkanes of at least 4 members (excludes halogenated alkanes) is 1. The Balaban J connectivity index is 1.88. The fourth-order valence-electron chi connectivity index (χ4n) is 2.63. The molecule has 0 aliphatic rings. The van der Waals surface area contributed by atoms with Crippen molar-refractivity contribution in [3.63, 3.8) is 0 Å². The number of rotatable bonds is 6. The SMILES string of the molecule is CCCCOc1ccc2oc(C)c(C(=O)Nc3ccc(Br)cc3)c2c1. The normalized spacial score (nSPS) is 10.8. The van der Waals surface area contributed by atoms with Gasteiger partial charge in [-0.25, -0.2) is 0 Å². The van der Waals surface area contributed by atoms with E-state index >= 15 is 0 Å². The van der Waals surface area contributed by atoms with Crippen molar-refractivity contribution >= 4 is 38.5 Å². The molecule has 5 heteroatoms. The van der Waals surface area contributed by atoms with Crippen LogP contribution in [0.3, 0.4) is 0 Å². The van der Waals surface area contributed by atoms with E-state index in [1.807, 2.05) is 42.5 Å². The summed E-state index contributed by atoms with van der Waals surface area (Å²) in [5.74, 6) is 1.15. The maximum Gasteiger partial charge on any atom is 0.259 e. The number of aryl methyl sites for hydroxylation is 1. The average molecular weight is 402 g/mol. The number of hydrogen-bond donors (Lipinski definition) is 1. The molecule has 25 heavy (non-hydrogen) atoms. The van der Waals surface area contributed by atoms with Gasteiger partial charge < -0.3 is 14.5 Å². The molecule has 0 atom stereocenters. The molecule has 0 saturated heterocycles. The van der Waals surface area contributed by atoms with Crippen LogP contribution in [-0.4, -0.2) is 12.5 Å². The van der Waals surface area contributed by atoms with Crippen molar-refractivity contribution in [3.05, 3.63) is 58.3 Å². The first-order valence-electron chi connectivity index (χ1n) is 8.31. The lowest BCUT2D eigenvalue weighted by atomic mass is 10.1. The van der Waals surface area contributed by atoms with E-state index in [2.05, 4.69) is 28.2 Å². The zero-order chi connectivity index (χ0) is 17.8. The molecule has 0 unspecified atom stereocenters. The van der Waals surface area contributed by atoms with Crippen LogP contribution in [0, 0.1) is 6.92 Å². The minimum absolute atomic E-state index is 0.190. The molecule has 1 aromatic heterocycles. The Bertz CT molecular complexity index is 884. The summed E-state index contributed by atoms with van der Waals surface area (Å²) < 4.78 is 12.4. The number of carbonyl (C=O) groups is 1. The van der Waals surface area contributed by atoms with E-state index in [9.17, 15) is 4.79 Å². The Morgan fingerprint density at radius 1 is 1.20 bits per heavy atom. The highest BCUT2D eigenvalue weighted by molar-refractivity contribution is 9.10. The van der Waals surface area contributed by atoms with Crippen molar-refractivity contribution in [2.75, 3.05) is 11.9 Å². The molecule has 0 saturated carbocycles. The van der Waals surface area contributed by atoms with Gasteiger partial charge in [0.1, 0.15) is 17.1 Å². The highest BCUT2D eigenvalue weighted by atomic mass is 79.9. The van der Waals surface area contributed by atoms with Crippen molar-refractivity contribution in [2.24, 2.45) is 0 Å². The molecular formula is C20H20BrNO3. The predicted octanol–water partition coefficient (Wildman–Crippen LogP) is 5.93. The van der Waals surface area contributed by atoms with Gasteiger partial charge >= 0.3 is 0 Å². The van der Waals surface area contributed by atoms with Crippen LogP contribution >= 0.6 is 15.9 Å². The molecule has 2 aromatic carbocycles. The van der Waals surface area contributed by atoms with Crippen LogP contribution < -0.4 is 10.1 Å². The summed E-state index contributed by atoms with van der Waals surface area (Å²) >= 11 is 3.39. The number of carbonyl (C=O) groups excluding carboxylic acids is 1. The summed E-state index contributed by atoms with van der Waals surface area (Å²) in [6.45, 7) is 4.59. The van der Waals surface area contributed by atoms with E-state index in [1.54, 1.807) is 6.92 Å². The van der Waals surface area contributed by atoms with Gasteiger partial charge in [0, 0.05) is 15.5 Å². The molecule has 4 nitrogen and oxygen atoms in total. The van der Waals surface area contributed by atoms with E-state index < -0.39 is 0 Å². The van der Waals surface area contributed by atoms with Gasteiger partial charge in [-0.2, -0.15) is 0 Å². The highest BCUT2D eigenvalue weighted by Crippen LogP contribution is 2.30. The molecule has 1 N–H and O–H groups in total. The van der Waals surface area contributed by atoms with Crippen molar-refractivity contribution < 1.29 is 13.9 Å². The van der Waals surface area contributed by atoms with Crippen LogP contribution in [0.2, 0.25) is 0 Å². The lowest BCUT2D eigenvalue weighted by molar-refractivity contribution is 0.102. The summed E-state index contributed by atoms with van der Waals surface area (Å²) in [6.07, 6.45) is 2.08. The van der Waals surface area contributed by atoms with Gasteiger partial charge in [0.05, 0.1) is 12.2 Å². The molecule has 3 rings (SSSR count). The lowest BCUT2D eigenvalue weighted by Crippen LogP contribution is -2.12. The second-order valence-corrected chi connectivity index (χ2v) is 6.77. The number of benzene rings is 2. The third-order valence-corrected chi connectivity index (χ3v) is 4.46. The van der Waals surface area contributed by atoms with Crippen molar-refractivity contribution in [1.29, 1.82) is 0 Å². The molecule has 0 radical (unpaired) electrons. The van der Waals surface area contributed by atoms with Gasteiger partial charge in [0.15, 0.2) is 0 Å². The number of anilines is 1. The second kappa shape index (κ2) is 7.74. The summed E-state index contributed by atoms with van der Waals surface area (Å²) in [7, 11) is 0. The first kappa shape index (κ1) is 17.5. The Kier molecular flexibility index (Phi) is 5.43. The zero-order valence-electron chi connectivity index (χ0n) is 14.3. The maximum atomic E-state index is 12.7. The molecule has 1 heterocycles. The van der Waals surface area contributed by atoms with Gasteiger partial charge in [0.2, 0.25) is 0 Å². The molecule has 3 aromatic rings. The fourth-order valence-corrected chi connectivity index (χ4v) is 2.90. The quantitative estimate of drug-likeness (QED) is 0.520. The number of fused-ring (bicyclic) bond motifs is 1. The van der Waals surface area contributed by atoms with E-state index in [0.29, 0.717) is 23.5 Å². The molecule has 0 aliphatic heterocycles. The zero-order valence-corrected chi connectivity index (χ0v) is 15.9. The Labute approximate surface area is 155 Å². The van der Waals surface area contributed by atoms with Crippen molar-refractivity contribution in [2.45, 2.75) is 26.7 Å². The first-order chi connectivity index (χ1) is 12.1. The fraction of sp³-hybridized carbons (Fsp3) is 0.250. The molecule has 1 amide bonds. The van der Waals surface area contributed by atoms with E-state index in [4.69, 9.17) is 9.15 Å². The molecule has 0 bridgehead atoms. The van der Waals surface area contributed by atoms with Gasteiger partial charge in [0.25, 0.3) is 5.91 Å². The van der Waals surface area contributed by atoms with E-state index in [1.165, 1.54) is 0 Å². The topological polar surface area (TPSA) is 51.5 Å². The number of furan rings is 1. The molecule has 130 valence electrons. The number of halogens is 1. The Morgan fingerprint density at radius 3 is 2.68 bits per heavy atom. The Morgan fingerprint density at radius 2 is 1.96 bits per heavy atom. The van der Waals surface area contributed by atoms with Gasteiger partial charge in [-0.05, 0) is 55.8 Å². The first-order valence-corrected chi connectivity index (χ1v) is 9.10. The summed E-state index contributed by atoms with van der Waals surface area (Å²) in [4.78, 5) is 12.7. The van der Waals surface area contributed by atoms with E-state index in [0.717, 1.165) is 34.1 Å². The molecule has 0 fully saturated rings. The molecule has 0 aliphatic carbocycles. The van der Waals surface area contributed by atoms with E-state index in [-0.39, 0.29) is 5.91 Å². The largest absolute Gasteiger partial charge is 0.494 e. The van der Waals surface area contributed by atoms with Crippen LogP contribution in [0.1, 0.15) is 35.9 Å².